The van der Waals surface area contributed by atoms with Gasteiger partial charge in [-0.05, 0) is 94.0 Å². The third kappa shape index (κ3) is 4.09. The third-order valence-corrected chi connectivity index (χ3v) is 10.8. The Labute approximate surface area is 294 Å². The standard InChI is InChI=1S/C50H30O/c1-2-14-31(15-3-1)47-39-21-9-11-23-41(39)48(42-24-12-10-22-40(42)47)43-29-28-33(34-16-4-5-17-35(34)43)32-26-27-45-46(30-32)51-50-44-25-13-7-19-37(44)36-18-6-8-20-38(36)49(45)50/h1-30H. The van der Waals surface area contributed by atoms with Crippen LogP contribution >= 0.6 is 0 Å². The maximum atomic E-state index is 6.79. The topological polar surface area (TPSA) is 13.1 Å². The fourth-order valence-corrected chi connectivity index (χ4v) is 8.68. The molecule has 51 heavy (non-hydrogen) atoms. The summed E-state index contributed by atoms with van der Waals surface area (Å²) in [5, 5.41) is 14.7. The zero-order chi connectivity index (χ0) is 33.5. The molecule has 0 spiro atoms. The lowest BCUT2D eigenvalue weighted by atomic mass is 9.84. The normalized spacial score (nSPS) is 11.9. The lowest BCUT2D eigenvalue weighted by Crippen LogP contribution is -1.92. The number of furan rings is 1. The summed E-state index contributed by atoms with van der Waals surface area (Å²) in [4.78, 5) is 0. The smallest absolute Gasteiger partial charge is 0.143 e. The lowest BCUT2D eigenvalue weighted by Gasteiger charge is -2.19. The highest BCUT2D eigenvalue weighted by atomic mass is 16.3. The molecular weight excluding hydrogens is 617 g/mol. The van der Waals surface area contributed by atoms with E-state index in [1.54, 1.807) is 0 Å². The predicted octanol–water partition coefficient (Wildman–Crippen LogP) is 14.4. The number of rotatable bonds is 3. The summed E-state index contributed by atoms with van der Waals surface area (Å²) in [6, 6.07) is 66.1. The van der Waals surface area contributed by atoms with Gasteiger partial charge < -0.3 is 4.42 Å². The van der Waals surface area contributed by atoms with Gasteiger partial charge in [0.05, 0.1) is 0 Å². The summed E-state index contributed by atoms with van der Waals surface area (Å²) >= 11 is 0. The number of hydrogen-bond acceptors (Lipinski definition) is 1. The molecule has 0 atom stereocenters. The van der Waals surface area contributed by atoms with E-state index in [4.69, 9.17) is 4.42 Å². The van der Waals surface area contributed by atoms with Crippen LogP contribution in [-0.2, 0) is 0 Å². The summed E-state index contributed by atoms with van der Waals surface area (Å²) in [6.07, 6.45) is 0. The number of hydrogen-bond donors (Lipinski definition) is 0. The molecule has 10 aromatic carbocycles. The van der Waals surface area contributed by atoms with E-state index < -0.39 is 0 Å². The Balaban J connectivity index is 1.16. The molecule has 0 saturated carbocycles. The molecule has 1 heteroatoms. The van der Waals surface area contributed by atoms with Crippen LogP contribution in [0.15, 0.2) is 186 Å². The Morgan fingerprint density at radius 3 is 1.39 bits per heavy atom. The van der Waals surface area contributed by atoms with Crippen molar-refractivity contribution in [3.63, 3.8) is 0 Å². The fourth-order valence-electron chi connectivity index (χ4n) is 8.68. The minimum Gasteiger partial charge on any atom is -0.455 e. The highest BCUT2D eigenvalue weighted by Crippen LogP contribution is 2.47. The Hall–Kier alpha value is -6.70. The first-order valence-electron chi connectivity index (χ1n) is 17.6. The van der Waals surface area contributed by atoms with Crippen LogP contribution in [0.1, 0.15) is 0 Å². The molecule has 0 aliphatic carbocycles. The molecule has 1 aromatic heterocycles. The Morgan fingerprint density at radius 2 is 0.745 bits per heavy atom. The van der Waals surface area contributed by atoms with Crippen LogP contribution in [-0.4, -0.2) is 0 Å². The quantitative estimate of drug-likeness (QED) is 0.138. The number of fused-ring (bicyclic) bond motifs is 11. The van der Waals surface area contributed by atoms with Gasteiger partial charge in [0, 0.05) is 16.2 Å². The second kappa shape index (κ2) is 10.9. The van der Waals surface area contributed by atoms with Gasteiger partial charge in [0.1, 0.15) is 11.2 Å². The minimum atomic E-state index is 0.908. The van der Waals surface area contributed by atoms with Crippen molar-refractivity contribution >= 4 is 75.8 Å². The molecule has 0 aliphatic heterocycles. The molecule has 11 rings (SSSR count). The van der Waals surface area contributed by atoms with E-state index >= 15 is 0 Å². The fraction of sp³-hybridized carbons (Fsp3) is 0. The second-order valence-corrected chi connectivity index (χ2v) is 13.5. The highest BCUT2D eigenvalue weighted by Gasteiger charge is 2.20. The largest absolute Gasteiger partial charge is 0.455 e. The molecule has 0 aliphatic rings. The van der Waals surface area contributed by atoms with Gasteiger partial charge in [-0.3, -0.25) is 0 Å². The van der Waals surface area contributed by atoms with E-state index in [-0.39, 0.29) is 0 Å². The monoisotopic (exact) mass is 646 g/mol. The van der Waals surface area contributed by atoms with E-state index in [9.17, 15) is 0 Å². The van der Waals surface area contributed by atoms with Gasteiger partial charge in [0.15, 0.2) is 0 Å². The molecule has 236 valence electrons. The molecule has 1 nitrogen and oxygen atoms in total. The van der Waals surface area contributed by atoms with E-state index in [2.05, 4.69) is 182 Å². The molecule has 0 bridgehead atoms. The zero-order valence-corrected chi connectivity index (χ0v) is 27.7. The summed E-state index contributed by atoms with van der Waals surface area (Å²) in [7, 11) is 0. The first-order chi connectivity index (χ1) is 25.3. The third-order valence-electron chi connectivity index (χ3n) is 10.8. The van der Waals surface area contributed by atoms with E-state index in [1.807, 2.05) is 0 Å². The van der Waals surface area contributed by atoms with Crippen molar-refractivity contribution in [2.45, 2.75) is 0 Å². The number of benzene rings is 10. The average Bonchev–Trinajstić information content (AvgIpc) is 3.59. The SMILES string of the molecule is c1ccc(-c2c3ccccc3c(-c3ccc(-c4ccc5c(c4)oc4c6ccccc6c6ccccc6c54)c4ccccc34)c3ccccc23)cc1. The van der Waals surface area contributed by atoms with Gasteiger partial charge in [0.25, 0.3) is 0 Å². The Kier molecular flexibility index (Phi) is 6.02. The molecular formula is C50H30O. The van der Waals surface area contributed by atoms with Crippen molar-refractivity contribution in [2.24, 2.45) is 0 Å². The zero-order valence-electron chi connectivity index (χ0n) is 27.7. The summed E-state index contributed by atoms with van der Waals surface area (Å²) < 4.78 is 6.79. The van der Waals surface area contributed by atoms with Gasteiger partial charge in [-0.2, -0.15) is 0 Å². The summed E-state index contributed by atoms with van der Waals surface area (Å²) in [5.74, 6) is 0. The van der Waals surface area contributed by atoms with E-state index in [0.29, 0.717) is 0 Å². The molecule has 0 unspecified atom stereocenters. The van der Waals surface area contributed by atoms with Gasteiger partial charge in [-0.1, -0.05) is 170 Å². The molecule has 1 heterocycles. The van der Waals surface area contributed by atoms with Crippen molar-refractivity contribution in [3.8, 4) is 33.4 Å². The molecule has 0 amide bonds. The van der Waals surface area contributed by atoms with Crippen LogP contribution in [0.3, 0.4) is 0 Å². The molecule has 0 N–H and O–H groups in total. The van der Waals surface area contributed by atoms with Crippen molar-refractivity contribution in [1.82, 2.24) is 0 Å². The first kappa shape index (κ1) is 28.2. The molecule has 0 saturated heterocycles. The van der Waals surface area contributed by atoms with E-state index in [0.717, 1.165) is 27.5 Å². The minimum absolute atomic E-state index is 0.908. The van der Waals surface area contributed by atoms with Crippen molar-refractivity contribution in [3.05, 3.63) is 182 Å². The average molecular weight is 647 g/mol. The van der Waals surface area contributed by atoms with Gasteiger partial charge in [-0.25, -0.2) is 0 Å². The van der Waals surface area contributed by atoms with Crippen molar-refractivity contribution in [1.29, 1.82) is 0 Å². The maximum absolute atomic E-state index is 6.79. The highest BCUT2D eigenvalue weighted by molar-refractivity contribution is 6.30. The second-order valence-electron chi connectivity index (χ2n) is 13.5. The van der Waals surface area contributed by atoms with Crippen LogP contribution < -0.4 is 0 Å². The molecule has 0 radical (unpaired) electrons. The van der Waals surface area contributed by atoms with Crippen LogP contribution in [0, 0.1) is 0 Å². The van der Waals surface area contributed by atoms with Crippen molar-refractivity contribution < 1.29 is 4.42 Å². The van der Waals surface area contributed by atoms with Crippen LogP contribution in [0.2, 0.25) is 0 Å². The van der Waals surface area contributed by atoms with E-state index in [1.165, 1.54) is 81.7 Å². The maximum Gasteiger partial charge on any atom is 0.143 e. The summed E-state index contributed by atoms with van der Waals surface area (Å²) in [6.45, 7) is 0. The van der Waals surface area contributed by atoms with Crippen LogP contribution in [0.4, 0.5) is 0 Å². The van der Waals surface area contributed by atoms with Gasteiger partial charge in [-0.15, -0.1) is 0 Å². The summed E-state index contributed by atoms with van der Waals surface area (Å²) in [5.41, 5.74) is 9.23. The predicted molar refractivity (Wildman–Crippen MR) is 218 cm³/mol. The Bertz CT molecular complexity index is 3130. The van der Waals surface area contributed by atoms with Crippen LogP contribution in [0.25, 0.3) is 109 Å². The lowest BCUT2D eigenvalue weighted by molar-refractivity contribution is 0.673. The first-order valence-corrected chi connectivity index (χ1v) is 17.6. The van der Waals surface area contributed by atoms with Gasteiger partial charge >= 0.3 is 0 Å². The molecule has 11 aromatic rings. The molecule has 0 fully saturated rings. The van der Waals surface area contributed by atoms with Crippen molar-refractivity contribution in [2.75, 3.05) is 0 Å². The Morgan fingerprint density at radius 1 is 0.275 bits per heavy atom. The van der Waals surface area contributed by atoms with Gasteiger partial charge in [0.2, 0.25) is 0 Å². The van der Waals surface area contributed by atoms with Crippen LogP contribution in [0.5, 0.6) is 0 Å².